The van der Waals surface area contributed by atoms with Crippen LogP contribution >= 0.6 is 0 Å². The molecule has 1 fully saturated rings. The minimum atomic E-state index is -0.888. The number of aryl methyl sites for hydroxylation is 1. The summed E-state index contributed by atoms with van der Waals surface area (Å²) in [6.45, 7) is 6.01. The van der Waals surface area contributed by atoms with Crippen LogP contribution in [0.1, 0.15) is 18.1 Å². The van der Waals surface area contributed by atoms with Gasteiger partial charge in [-0.3, -0.25) is 4.90 Å². The number of piperazine rings is 1. The van der Waals surface area contributed by atoms with Gasteiger partial charge in [0.1, 0.15) is 11.6 Å². The van der Waals surface area contributed by atoms with Crippen LogP contribution in [-0.4, -0.2) is 42.8 Å². The highest BCUT2D eigenvalue weighted by Gasteiger charge is 2.36. The van der Waals surface area contributed by atoms with Crippen molar-refractivity contribution >= 4 is 0 Å². The molecule has 2 N–H and O–H groups in total. The molecule has 0 aromatic heterocycles. The minimum Gasteiger partial charge on any atom is -0.394 e. The van der Waals surface area contributed by atoms with Crippen molar-refractivity contribution < 1.29 is 13.9 Å². The molecule has 1 heterocycles. The van der Waals surface area contributed by atoms with Crippen molar-refractivity contribution in [2.75, 3.05) is 32.8 Å². The van der Waals surface area contributed by atoms with E-state index in [4.69, 9.17) is 0 Å². The van der Waals surface area contributed by atoms with Crippen molar-refractivity contribution in [2.24, 2.45) is 0 Å². The van der Waals surface area contributed by atoms with Crippen LogP contribution in [0.3, 0.4) is 0 Å². The van der Waals surface area contributed by atoms with Gasteiger partial charge < -0.3 is 10.4 Å². The fraction of sp³-hybridized carbons (Fsp3) is 0.571. The van der Waals surface area contributed by atoms with Crippen molar-refractivity contribution in [3.63, 3.8) is 0 Å². The van der Waals surface area contributed by atoms with Gasteiger partial charge >= 0.3 is 0 Å². The van der Waals surface area contributed by atoms with Crippen LogP contribution in [-0.2, 0) is 5.54 Å². The zero-order chi connectivity index (χ0) is 14.0. The number of rotatable bonds is 3. The van der Waals surface area contributed by atoms with Gasteiger partial charge in [0.2, 0.25) is 0 Å². The highest BCUT2D eigenvalue weighted by Crippen LogP contribution is 2.31. The first-order chi connectivity index (χ1) is 8.99. The van der Waals surface area contributed by atoms with E-state index in [-0.39, 0.29) is 17.7 Å². The number of halogens is 2. The first kappa shape index (κ1) is 14.4. The summed E-state index contributed by atoms with van der Waals surface area (Å²) in [7, 11) is 0. The maximum absolute atomic E-state index is 14.1. The van der Waals surface area contributed by atoms with Crippen LogP contribution in [0, 0.1) is 18.6 Å². The van der Waals surface area contributed by atoms with E-state index >= 15 is 0 Å². The van der Waals surface area contributed by atoms with Gasteiger partial charge in [0, 0.05) is 31.7 Å². The molecule has 1 atom stereocenters. The highest BCUT2D eigenvalue weighted by atomic mass is 19.1. The van der Waals surface area contributed by atoms with Crippen LogP contribution in [0.5, 0.6) is 0 Å². The van der Waals surface area contributed by atoms with E-state index in [0.29, 0.717) is 13.1 Å². The summed E-state index contributed by atoms with van der Waals surface area (Å²) in [5.74, 6) is -0.903. The molecule has 106 valence electrons. The molecule has 0 radical (unpaired) electrons. The SMILES string of the molecule is Cc1cc(F)c(C(C)(CO)N2CCNCC2)cc1F. The van der Waals surface area contributed by atoms with Crippen LogP contribution in [0.15, 0.2) is 12.1 Å². The number of nitrogens with zero attached hydrogens (tertiary/aromatic N) is 1. The summed E-state index contributed by atoms with van der Waals surface area (Å²) in [4.78, 5) is 2.00. The first-order valence-corrected chi connectivity index (χ1v) is 6.52. The molecule has 2 rings (SSSR count). The quantitative estimate of drug-likeness (QED) is 0.871. The Hall–Kier alpha value is -1.04. The lowest BCUT2D eigenvalue weighted by atomic mass is 9.89. The fourth-order valence-corrected chi connectivity index (χ4v) is 2.57. The Kier molecular flexibility index (Phi) is 4.18. The molecule has 5 heteroatoms. The number of aliphatic hydroxyl groups is 1. The van der Waals surface area contributed by atoms with Gasteiger partial charge in [-0.2, -0.15) is 0 Å². The van der Waals surface area contributed by atoms with Gasteiger partial charge in [-0.15, -0.1) is 0 Å². The third-order valence-corrected chi connectivity index (χ3v) is 3.95. The first-order valence-electron chi connectivity index (χ1n) is 6.52. The average molecular weight is 270 g/mol. The summed E-state index contributed by atoms with van der Waals surface area (Å²) in [6, 6.07) is 2.41. The molecule has 1 aliphatic rings. The number of benzene rings is 1. The number of hydrogen-bond donors (Lipinski definition) is 2. The lowest BCUT2D eigenvalue weighted by Crippen LogP contribution is -2.55. The van der Waals surface area contributed by atoms with E-state index in [1.807, 2.05) is 4.90 Å². The van der Waals surface area contributed by atoms with E-state index in [1.165, 1.54) is 19.1 Å². The summed E-state index contributed by atoms with van der Waals surface area (Å²) >= 11 is 0. The Morgan fingerprint density at radius 1 is 1.26 bits per heavy atom. The molecule has 1 aromatic rings. The number of aliphatic hydroxyl groups excluding tert-OH is 1. The molecule has 1 unspecified atom stereocenters. The fourth-order valence-electron chi connectivity index (χ4n) is 2.57. The molecule has 1 aliphatic heterocycles. The average Bonchev–Trinajstić information content (AvgIpc) is 2.43. The van der Waals surface area contributed by atoms with E-state index in [2.05, 4.69) is 5.32 Å². The minimum absolute atomic E-state index is 0.222. The predicted molar refractivity (Wildman–Crippen MR) is 70.0 cm³/mol. The largest absolute Gasteiger partial charge is 0.394 e. The Labute approximate surface area is 112 Å². The van der Waals surface area contributed by atoms with Crippen LogP contribution in [0.2, 0.25) is 0 Å². The molecule has 0 amide bonds. The van der Waals surface area contributed by atoms with Gasteiger partial charge in [0.05, 0.1) is 12.1 Å². The normalized spacial score (nSPS) is 20.3. The van der Waals surface area contributed by atoms with Crippen molar-refractivity contribution in [1.29, 1.82) is 0 Å². The molecule has 1 aromatic carbocycles. The van der Waals surface area contributed by atoms with E-state index < -0.39 is 17.2 Å². The van der Waals surface area contributed by atoms with Gasteiger partial charge in [0.15, 0.2) is 0 Å². The summed E-state index contributed by atoms with van der Waals surface area (Å²) in [5, 5.41) is 12.9. The van der Waals surface area contributed by atoms with E-state index in [1.54, 1.807) is 6.92 Å². The molecular weight excluding hydrogens is 250 g/mol. The lowest BCUT2D eigenvalue weighted by Gasteiger charge is -2.43. The molecule has 0 bridgehead atoms. The Morgan fingerprint density at radius 3 is 2.47 bits per heavy atom. The zero-order valence-electron chi connectivity index (χ0n) is 11.3. The maximum atomic E-state index is 14.1. The van der Waals surface area contributed by atoms with Crippen molar-refractivity contribution in [3.05, 3.63) is 34.9 Å². The Balaban J connectivity index is 2.42. The second-order valence-corrected chi connectivity index (χ2v) is 5.25. The molecule has 0 saturated carbocycles. The summed E-state index contributed by atoms with van der Waals surface area (Å²) in [5.41, 5.74) is -0.386. The van der Waals surface area contributed by atoms with Gasteiger partial charge in [-0.1, -0.05) is 0 Å². The van der Waals surface area contributed by atoms with Crippen LogP contribution in [0.25, 0.3) is 0 Å². The maximum Gasteiger partial charge on any atom is 0.128 e. The molecular formula is C14H20F2N2O. The number of nitrogens with one attached hydrogen (secondary N) is 1. The lowest BCUT2D eigenvalue weighted by molar-refractivity contribution is 0.0283. The van der Waals surface area contributed by atoms with Crippen LogP contribution < -0.4 is 5.32 Å². The summed E-state index contributed by atoms with van der Waals surface area (Å²) < 4.78 is 27.9. The molecule has 0 spiro atoms. The van der Waals surface area contributed by atoms with Gasteiger partial charge in [-0.05, 0) is 31.5 Å². The third-order valence-electron chi connectivity index (χ3n) is 3.95. The zero-order valence-corrected chi connectivity index (χ0v) is 11.3. The Morgan fingerprint density at radius 2 is 1.89 bits per heavy atom. The second-order valence-electron chi connectivity index (χ2n) is 5.25. The predicted octanol–water partition coefficient (Wildman–Crippen LogP) is 1.39. The molecule has 1 saturated heterocycles. The third kappa shape index (κ3) is 2.63. The smallest absolute Gasteiger partial charge is 0.128 e. The van der Waals surface area contributed by atoms with Crippen molar-refractivity contribution in [3.8, 4) is 0 Å². The van der Waals surface area contributed by atoms with Crippen LogP contribution in [0.4, 0.5) is 8.78 Å². The summed E-state index contributed by atoms with van der Waals surface area (Å²) in [6.07, 6.45) is 0. The standard InChI is InChI=1S/C14H20F2N2O/c1-10-7-13(16)11(8-12(10)15)14(2,9-19)18-5-3-17-4-6-18/h7-8,17,19H,3-6,9H2,1-2H3. The highest BCUT2D eigenvalue weighted by molar-refractivity contribution is 5.31. The topological polar surface area (TPSA) is 35.5 Å². The van der Waals surface area contributed by atoms with E-state index in [9.17, 15) is 13.9 Å². The van der Waals surface area contributed by atoms with Crippen molar-refractivity contribution in [1.82, 2.24) is 10.2 Å². The monoisotopic (exact) mass is 270 g/mol. The van der Waals surface area contributed by atoms with Crippen molar-refractivity contribution in [2.45, 2.75) is 19.4 Å². The Bertz CT molecular complexity index is 461. The van der Waals surface area contributed by atoms with Gasteiger partial charge in [-0.25, -0.2) is 8.78 Å². The molecule has 0 aliphatic carbocycles. The number of hydrogen-bond acceptors (Lipinski definition) is 3. The second kappa shape index (κ2) is 5.53. The molecule has 19 heavy (non-hydrogen) atoms. The van der Waals surface area contributed by atoms with E-state index in [0.717, 1.165) is 13.1 Å². The van der Waals surface area contributed by atoms with Gasteiger partial charge in [0.25, 0.3) is 0 Å². The molecule has 3 nitrogen and oxygen atoms in total.